The fraction of sp³-hybridized carbons (Fsp3) is 0.0588. The van der Waals surface area contributed by atoms with Gasteiger partial charge in [0.2, 0.25) is 0 Å². The average molecular weight is 246 g/mol. The maximum absolute atomic E-state index is 4.45. The number of fused-ring (bicyclic) bond motifs is 3. The Balaban J connectivity index is 2.64. The summed E-state index contributed by atoms with van der Waals surface area (Å²) in [5.41, 5.74) is 3.20. The van der Waals surface area contributed by atoms with Crippen LogP contribution in [-0.4, -0.2) is 9.97 Å². The lowest BCUT2D eigenvalue weighted by molar-refractivity contribution is 1.22. The van der Waals surface area contributed by atoms with Crippen molar-refractivity contribution in [3.63, 3.8) is 0 Å². The van der Waals surface area contributed by atoms with Gasteiger partial charge in [0.1, 0.15) is 6.33 Å². The van der Waals surface area contributed by atoms with E-state index in [1.54, 1.807) is 6.33 Å². The zero-order valence-electron chi connectivity index (χ0n) is 10.8. The molecule has 0 saturated carbocycles. The van der Waals surface area contributed by atoms with E-state index in [1.807, 2.05) is 37.4 Å². The third-order valence-electron chi connectivity index (χ3n) is 3.30. The molecule has 0 N–H and O–H groups in total. The molecule has 0 aliphatic rings. The smallest absolute Gasteiger partial charge is 0.116 e. The van der Waals surface area contributed by atoms with E-state index in [4.69, 9.17) is 0 Å². The van der Waals surface area contributed by atoms with E-state index >= 15 is 0 Å². The lowest BCUT2D eigenvalue weighted by Gasteiger charge is -2.11. The van der Waals surface area contributed by atoms with Crippen molar-refractivity contribution in [3.8, 4) is 0 Å². The minimum Gasteiger partial charge on any atom is -0.244 e. The molecule has 92 valence electrons. The van der Waals surface area contributed by atoms with Crippen molar-refractivity contribution in [1.29, 1.82) is 0 Å². The summed E-state index contributed by atoms with van der Waals surface area (Å²) in [6.45, 7) is 5.96. The van der Waals surface area contributed by atoms with E-state index in [0.717, 1.165) is 22.0 Å². The number of benzene rings is 2. The minimum absolute atomic E-state index is 0.974. The van der Waals surface area contributed by atoms with Gasteiger partial charge in [-0.05, 0) is 23.3 Å². The highest BCUT2D eigenvalue weighted by molar-refractivity contribution is 6.13. The molecule has 0 bridgehead atoms. The van der Waals surface area contributed by atoms with Gasteiger partial charge in [-0.25, -0.2) is 9.97 Å². The molecule has 0 amide bonds. The molecule has 3 rings (SSSR count). The molecule has 0 unspecified atom stereocenters. The van der Waals surface area contributed by atoms with E-state index in [-0.39, 0.29) is 0 Å². The number of aromatic nitrogens is 2. The summed E-state index contributed by atoms with van der Waals surface area (Å²) in [4.78, 5) is 8.61. The van der Waals surface area contributed by atoms with E-state index < -0.39 is 0 Å². The van der Waals surface area contributed by atoms with Gasteiger partial charge in [-0.2, -0.15) is 0 Å². The fourth-order valence-corrected chi connectivity index (χ4v) is 2.52. The van der Waals surface area contributed by atoms with Crippen molar-refractivity contribution in [1.82, 2.24) is 9.97 Å². The van der Waals surface area contributed by atoms with Crippen LogP contribution in [0.25, 0.3) is 33.8 Å². The molecule has 2 heteroatoms. The molecule has 0 fully saturated rings. The van der Waals surface area contributed by atoms with Gasteiger partial charge in [-0.15, -0.1) is 0 Å². The van der Waals surface area contributed by atoms with E-state index in [0.29, 0.717) is 0 Å². The maximum atomic E-state index is 4.45. The van der Waals surface area contributed by atoms with Crippen LogP contribution in [-0.2, 0) is 0 Å². The largest absolute Gasteiger partial charge is 0.244 e. The molecular formula is C17H14N2. The molecule has 3 aromatic rings. The van der Waals surface area contributed by atoms with Gasteiger partial charge >= 0.3 is 0 Å². The molecule has 2 aromatic carbocycles. The molecule has 0 atom stereocenters. The van der Waals surface area contributed by atoms with Crippen molar-refractivity contribution in [2.75, 3.05) is 0 Å². The molecule has 2 nitrogen and oxygen atoms in total. The zero-order chi connectivity index (χ0) is 13.2. The van der Waals surface area contributed by atoms with Crippen LogP contribution in [0.3, 0.4) is 0 Å². The highest BCUT2D eigenvalue weighted by atomic mass is 14.8. The van der Waals surface area contributed by atoms with Crippen LogP contribution in [0.4, 0.5) is 0 Å². The number of rotatable bonds is 2. The predicted molar refractivity (Wildman–Crippen MR) is 81.8 cm³/mol. The molecule has 19 heavy (non-hydrogen) atoms. The Morgan fingerprint density at radius 2 is 1.84 bits per heavy atom. The Labute approximate surface area is 112 Å². The van der Waals surface area contributed by atoms with E-state index in [2.05, 4.69) is 34.8 Å². The normalized spacial score (nSPS) is 11.4. The van der Waals surface area contributed by atoms with Crippen molar-refractivity contribution in [2.45, 2.75) is 6.92 Å². The third-order valence-corrected chi connectivity index (χ3v) is 3.30. The molecule has 1 heterocycles. The summed E-state index contributed by atoms with van der Waals surface area (Å²) in [6.07, 6.45) is 9.48. The second-order valence-electron chi connectivity index (χ2n) is 4.36. The first-order valence-electron chi connectivity index (χ1n) is 6.26. The Morgan fingerprint density at radius 1 is 1.05 bits per heavy atom. The van der Waals surface area contributed by atoms with E-state index in [1.165, 1.54) is 10.8 Å². The number of allylic oxidation sites excluding steroid dienone is 1. The standard InChI is InChI=1S/C17H14N2/c1-3-7-15-12(4-2)13-8-5-6-9-14(13)16-10-18-11-19-17(15)16/h3-11H,2H2,1H3/b7-3-. The lowest BCUT2D eigenvalue weighted by atomic mass is 9.94. The zero-order valence-corrected chi connectivity index (χ0v) is 10.8. The Bertz CT molecular complexity index is 801. The molecule has 0 aliphatic carbocycles. The molecule has 1 aromatic heterocycles. The molecular weight excluding hydrogens is 232 g/mol. The Hall–Kier alpha value is -2.48. The molecule has 0 aliphatic heterocycles. The van der Waals surface area contributed by atoms with Crippen LogP contribution in [0.5, 0.6) is 0 Å². The summed E-state index contributed by atoms with van der Waals surface area (Å²) >= 11 is 0. The number of nitrogens with zero attached hydrogens (tertiary/aromatic N) is 2. The molecule has 0 radical (unpaired) electrons. The maximum Gasteiger partial charge on any atom is 0.116 e. The minimum atomic E-state index is 0.974. The fourth-order valence-electron chi connectivity index (χ4n) is 2.52. The van der Waals surface area contributed by atoms with Gasteiger partial charge in [0, 0.05) is 17.1 Å². The highest BCUT2D eigenvalue weighted by Crippen LogP contribution is 2.32. The highest BCUT2D eigenvalue weighted by Gasteiger charge is 2.11. The summed E-state index contributed by atoms with van der Waals surface area (Å²) in [5, 5.41) is 3.44. The van der Waals surface area contributed by atoms with Crippen LogP contribution in [0.1, 0.15) is 18.1 Å². The summed E-state index contributed by atoms with van der Waals surface area (Å²) in [5.74, 6) is 0. The van der Waals surface area contributed by atoms with Crippen LogP contribution < -0.4 is 0 Å². The first kappa shape index (κ1) is 11.6. The number of hydrogen-bond donors (Lipinski definition) is 0. The number of hydrogen-bond acceptors (Lipinski definition) is 2. The van der Waals surface area contributed by atoms with E-state index in [9.17, 15) is 0 Å². The summed E-state index contributed by atoms with van der Waals surface area (Å²) in [7, 11) is 0. The van der Waals surface area contributed by atoms with Gasteiger partial charge in [0.25, 0.3) is 0 Å². The van der Waals surface area contributed by atoms with Crippen molar-refractivity contribution >= 4 is 33.8 Å². The monoisotopic (exact) mass is 246 g/mol. The quantitative estimate of drug-likeness (QED) is 0.624. The lowest BCUT2D eigenvalue weighted by Crippen LogP contribution is -1.92. The van der Waals surface area contributed by atoms with Crippen LogP contribution in [0.2, 0.25) is 0 Å². The van der Waals surface area contributed by atoms with Gasteiger partial charge in [0.05, 0.1) is 5.52 Å². The van der Waals surface area contributed by atoms with Gasteiger partial charge in [-0.3, -0.25) is 0 Å². The van der Waals surface area contributed by atoms with Crippen LogP contribution >= 0.6 is 0 Å². The second kappa shape index (κ2) is 4.65. The van der Waals surface area contributed by atoms with Gasteiger partial charge in [0.15, 0.2) is 0 Å². The topological polar surface area (TPSA) is 25.8 Å². The Morgan fingerprint density at radius 3 is 2.58 bits per heavy atom. The van der Waals surface area contributed by atoms with Crippen molar-refractivity contribution < 1.29 is 0 Å². The van der Waals surface area contributed by atoms with Crippen LogP contribution in [0, 0.1) is 0 Å². The predicted octanol–water partition coefficient (Wildman–Crippen LogP) is 4.46. The average Bonchev–Trinajstić information content (AvgIpc) is 2.48. The third kappa shape index (κ3) is 1.73. The van der Waals surface area contributed by atoms with Crippen molar-refractivity contribution in [2.24, 2.45) is 0 Å². The second-order valence-corrected chi connectivity index (χ2v) is 4.36. The SMILES string of the molecule is C=Cc1c(/C=C\C)c2ncncc2c2ccccc12. The first-order chi connectivity index (χ1) is 9.36. The van der Waals surface area contributed by atoms with Crippen LogP contribution in [0.15, 0.2) is 49.4 Å². The summed E-state index contributed by atoms with van der Waals surface area (Å²) < 4.78 is 0. The Kier molecular flexibility index (Phi) is 2.84. The van der Waals surface area contributed by atoms with Crippen molar-refractivity contribution in [3.05, 3.63) is 60.6 Å². The molecule has 0 spiro atoms. The molecule has 0 saturated heterocycles. The van der Waals surface area contributed by atoms with Gasteiger partial charge in [-0.1, -0.05) is 49.1 Å². The summed E-state index contributed by atoms with van der Waals surface area (Å²) in [6, 6.07) is 8.31. The van der Waals surface area contributed by atoms with Gasteiger partial charge < -0.3 is 0 Å². The first-order valence-corrected chi connectivity index (χ1v) is 6.26.